The van der Waals surface area contributed by atoms with Gasteiger partial charge in [-0.15, -0.1) is 0 Å². The first-order chi connectivity index (χ1) is 10.7. The molecule has 1 unspecified atom stereocenters. The lowest BCUT2D eigenvalue weighted by Crippen LogP contribution is -2.21. The van der Waals surface area contributed by atoms with Gasteiger partial charge in [-0.1, -0.05) is 19.1 Å². The first kappa shape index (κ1) is 14.7. The monoisotopic (exact) mass is 301 g/mol. The molecular formula is C17H17F2N3. The van der Waals surface area contributed by atoms with Crippen LogP contribution in [0.1, 0.15) is 30.5 Å². The van der Waals surface area contributed by atoms with E-state index < -0.39 is 5.82 Å². The van der Waals surface area contributed by atoms with Gasteiger partial charge >= 0.3 is 0 Å². The van der Waals surface area contributed by atoms with Crippen molar-refractivity contribution in [2.45, 2.75) is 25.9 Å². The van der Waals surface area contributed by atoms with Crippen molar-refractivity contribution in [2.75, 3.05) is 0 Å². The number of hydrogen-bond acceptors (Lipinski definition) is 2. The van der Waals surface area contributed by atoms with Crippen molar-refractivity contribution in [1.82, 2.24) is 15.5 Å². The van der Waals surface area contributed by atoms with Crippen LogP contribution in [0.4, 0.5) is 8.78 Å². The van der Waals surface area contributed by atoms with Gasteiger partial charge in [0.2, 0.25) is 0 Å². The van der Waals surface area contributed by atoms with Gasteiger partial charge in [0.1, 0.15) is 11.6 Å². The first-order valence-corrected chi connectivity index (χ1v) is 7.27. The van der Waals surface area contributed by atoms with Crippen molar-refractivity contribution >= 4 is 10.9 Å². The van der Waals surface area contributed by atoms with E-state index in [1.165, 1.54) is 12.1 Å². The van der Waals surface area contributed by atoms with Crippen molar-refractivity contribution in [2.24, 2.45) is 0 Å². The molecular weight excluding hydrogens is 284 g/mol. The molecule has 0 aliphatic rings. The van der Waals surface area contributed by atoms with Crippen LogP contribution in [-0.2, 0) is 6.54 Å². The minimum absolute atomic E-state index is 0.229. The number of aromatic amines is 1. The van der Waals surface area contributed by atoms with E-state index >= 15 is 0 Å². The number of rotatable bonds is 5. The molecule has 3 aromatic rings. The van der Waals surface area contributed by atoms with E-state index in [2.05, 4.69) is 15.5 Å². The lowest BCUT2D eigenvalue weighted by atomic mass is 10.0. The number of H-pyrrole nitrogens is 1. The fraction of sp³-hybridized carbons (Fsp3) is 0.235. The second-order valence-electron chi connectivity index (χ2n) is 5.30. The van der Waals surface area contributed by atoms with Crippen LogP contribution in [-0.4, -0.2) is 10.2 Å². The SMILES string of the molecule is CCC(NCc1ccc2cn[nH]c2c1)c1cc(F)ccc1F. The topological polar surface area (TPSA) is 40.7 Å². The van der Waals surface area contributed by atoms with Crippen molar-refractivity contribution in [3.63, 3.8) is 0 Å². The van der Waals surface area contributed by atoms with E-state index in [9.17, 15) is 8.78 Å². The third kappa shape index (κ3) is 2.99. The maximum atomic E-state index is 13.9. The number of halogens is 2. The molecule has 0 spiro atoms. The highest BCUT2D eigenvalue weighted by atomic mass is 19.1. The van der Waals surface area contributed by atoms with Crippen LogP contribution in [0, 0.1) is 11.6 Å². The molecule has 0 saturated carbocycles. The summed E-state index contributed by atoms with van der Waals surface area (Å²) >= 11 is 0. The van der Waals surface area contributed by atoms with Gasteiger partial charge in [0.25, 0.3) is 0 Å². The van der Waals surface area contributed by atoms with Gasteiger partial charge in [-0.25, -0.2) is 8.78 Å². The first-order valence-electron chi connectivity index (χ1n) is 7.27. The summed E-state index contributed by atoms with van der Waals surface area (Å²) in [5.41, 5.74) is 2.39. The number of fused-ring (bicyclic) bond motifs is 1. The molecule has 3 nitrogen and oxygen atoms in total. The summed E-state index contributed by atoms with van der Waals surface area (Å²) in [4.78, 5) is 0. The summed E-state index contributed by atoms with van der Waals surface area (Å²) < 4.78 is 27.2. The molecule has 0 aliphatic heterocycles. The molecule has 1 aromatic heterocycles. The van der Waals surface area contributed by atoms with E-state index in [0.29, 0.717) is 18.5 Å². The molecule has 22 heavy (non-hydrogen) atoms. The zero-order valence-electron chi connectivity index (χ0n) is 12.2. The zero-order chi connectivity index (χ0) is 15.5. The third-order valence-corrected chi connectivity index (χ3v) is 3.80. The lowest BCUT2D eigenvalue weighted by Gasteiger charge is -2.18. The summed E-state index contributed by atoms with van der Waals surface area (Å²) in [5.74, 6) is -0.805. The van der Waals surface area contributed by atoms with Crippen molar-refractivity contribution in [3.8, 4) is 0 Å². The Balaban J connectivity index is 1.76. The lowest BCUT2D eigenvalue weighted by molar-refractivity contribution is 0.482. The Morgan fingerprint density at radius 1 is 1.18 bits per heavy atom. The Morgan fingerprint density at radius 2 is 2.05 bits per heavy atom. The molecule has 114 valence electrons. The average Bonchev–Trinajstić information content (AvgIpc) is 2.98. The minimum Gasteiger partial charge on any atom is -0.306 e. The van der Waals surface area contributed by atoms with Crippen LogP contribution in [0.25, 0.3) is 10.9 Å². The van der Waals surface area contributed by atoms with Gasteiger partial charge in [-0.3, -0.25) is 5.10 Å². The average molecular weight is 301 g/mol. The second-order valence-corrected chi connectivity index (χ2v) is 5.30. The Labute approximate surface area is 127 Å². The van der Waals surface area contributed by atoms with Gasteiger partial charge in [0.15, 0.2) is 0 Å². The molecule has 5 heteroatoms. The molecule has 0 saturated heterocycles. The molecule has 0 amide bonds. The molecule has 2 N–H and O–H groups in total. The molecule has 2 aromatic carbocycles. The number of benzene rings is 2. The zero-order valence-corrected chi connectivity index (χ0v) is 12.2. The number of nitrogens with zero attached hydrogens (tertiary/aromatic N) is 1. The Bertz CT molecular complexity index is 782. The quantitative estimate of drug-likeness (QED) is 0.745. The van der Waals surface area contributed by atoms with E-state index in [-0.39, 0.29) is 11.9 Å². The van der Waals surface area contributed by atoms with Crippen LogP contribution in [0.3, 0.4) is 0 Å². The number of aromatic nitrogens is 2. The highest BCUT2D eigenvalue weighted by molar-refractivity contribution is 5.78. The summed E-state index contributed by atoms with van der Waals surface area (Å²) in [7, 11) is 0. The maximum absolute atomic E-state index is 13.9. The molecule has 0 fully saturated rings. The molecule has 1 atom stereocenters. The predicted molar refractivity (Wildman–Crippen MR) is 82.3 cm³/mol. The van der Waals surface area contributed by atoms with E-state index in [1.807, 2.05) is 25.1 Å². The van der Waals surface area contributed by atoms with Gasteiger partial charge in [-0.2, -0.15) is 5.10 Å². The van der Waals surface area contributed by atoms with Crippen molar-refractivity contribution < 1.29 is 8.78 Å². The van der Waals surface area contributed by atoms with Gasteiger partial charge in [0.05, 0.1) is 11.7 Å². The normalized spacial score (nSPS) is 12.7. The van der Waals surface area contributed by atoms with Crippen LogP contribution in [0.5, 0.6) is 0 Å². The summed E-state index contributed by atoms with van der Waals surface area (Å²) in [6.45, 7) is 2.52. The third-order valence-electron chi connectivity index (χ3n) is 3.80. The molecule has 0 bridgehead atoms. The van der Waals surface area contributed by atoms with Crippen LogP contribution in [0.15, 0.2) is 42.6 Å². The fourth-order valence-electron chi connectivity index (χ4n) is 2.59. The molecule has 0 aliphatic carbocycles. The Kier molecular flexibility index (Phi) is 4.15. The number of nitrogens with one attached hydrogen (secondary N) is 2. The fourth-order valence-corrected chi connectivity index (χ4v) is 2.59. The Morgan fingerprint density at radius 3 is 2.86 bits per heavy atom. The summed E-state index contributed by atoms with van der Waals surface area (Å²) in [6.07, 6.45) is 2.44. The second kappa shape index (κ2) is 6.23. The van der Waals surface area contributed by atoms with Gasteiger partial charge in [0, 0.05) is 23.5 Å². The number of hydrogen-bond donors (Lipinski definition) is 2. The molecule has 1 heterocycles. The van der Waals surface area contributed by atoms with Crippen molar-refractivity contribution in [3.05, 3.63) is 65.4 Å². The smallest absolute Gasteiger partial charge is 0.128 e. The van der Waals surface area contributed by atoms with E-state index in [1.54, 1.807) is 6.20 Å². The van der Waals surface area contributed by atoms with Gasteiger partial charge in [-0.05, 0) is 36.2 Å². The minimum atomic E-state index is -0.421. The van der Waals surface area contributed by atoms with E-state index in [0.717, 1.165) is 22.5 Å². The summed E-state index contributed by atoms with van der Waals surface area (Å²) in [6, 6.07) is 9.33. The highest BCUT2D eigenvalue weighted by Crippen LogP contribution is 2.22. The van der Waals surface area contributed by atoms with Crippen LogP contribution < -0.4 is 5.32 Å². The largest absolute Gasteiger partial charge is 0.306 e. The molecule has 3 rings (SSSR count). The van der Waals surface area contributed by atoms with Crippen LogP contribution >= 0.6 is 0 Å². The standard InChI is InChI=1S/C17H17F2N3/c1-2-16(14-8-13(18)5-6-15(14)19)20-9-11-3-4-12-10-21-22-17(12)7-11/h3-8,10,16,20H,2,9H2,1H3,(H,21,22). The summed E-state index contributed by atoms with van der Waals surface area (Å²) in [5, 5.41) is 11.2. The van der Waals surface area contributed by atoms with Crippen LogP contribution in [0.2, 0.25) is 0 Å². The predicted octanol–water partition coefficient (Wildman–Crippen LogP) is 4.08. The van der Waals surface area contributed by atoms with Crippen molar-refractivity contribution in [1.29, 1.82) is 0 Å². The Hall–Kier alpha value is -2.27. The van der Waals surface area contributed by atoms with Gasteiger partial charge < -0.3 is 5.32 Å². The van der Waals surface area contributed by atoms with E-state index in [4.69, 9.17) is 0 Å². The maximum Gasteiger partial charge on any atom is 0.128 e. The highest BCUT2D eigenvalue weighted by Gasteiger charge is 2.14. The molecule has 0 radical (unpaired) electrons.